The first-order valence-electron chi connectivity index (χ1n) is 6.47. The number of hydrogen-bond acceptors (Lipinski definition) is 2. The van der Waals surface area contributed by atoms with E-state index in [2.05, 4.69) is 26.1 Å². The number of carboxylic acids is 1. The molecule has 0 unspecified atom stereocenters. The maximum atomic E-state index is 12.0. The lowest BCUT2D eigenvalue weighted by atomic mass is 9.88. The Kier molecular flexibility index (Phi) is 5.10. The van der Waals surface area contributed by atoms with Crippen molar-refractivity contribution in [3.8, 4) is 0 Å². The molecule has 0 saturated carbocycles. The molecule has 0 heterocycles. The van der Waals surface area contributed by atoms with Gasteiger partial charge in [0.15, 0.2) is 0 Å². The minimum atomic E-state index is -1.03. The van der Waals surface area contributed by atoms with Crippen molar-refractivity contribution in [2.24, 2.45) is 5.41 Å². The average Bonchev–Trinajstić information content (AvgIpc) is 2.36. The van der Waals surface area contributed by atoms with Crippen LogP contribution in [-0.4, -0.2) is 23.5 Å². The largest absolute Gasteiger partial charge is 0.478 e. The lowest BCUT2D eigenvalue weighted by Crippen LogP contribution is -2.34. The van der Waals surface area contributed by atoms with Gasteiger partial charge in [-0.3, -0.25) is 4.79 Å². The Hall–Kier alpha value is -1.84. The molecular formula is C15H21NO3. The highest BCUT2D eigenvalue weighted by molar-refractivity contribution is 5.97. The molecule has 4 heteroatoms. The molecule has 0 aliphatic rings. The lowest BCUT2D eigenvalue weighted by molar-refractivity contribution is 0.0697. The number of amides is 1. The molecule has 0 saturated heterocycles. The third kappa shape index (κ3) is 4.73. The molecule has 104 valence electrons. The fourth-order valence-corrected chi connectivity index (χ4v) is 1.98. The third-order valence-electron chi connectivity index (χ3n) is 3.03. The summed E-state index contributed by atoms with van der Waals surface area (Å²) in [5.41, 5.74) is 0.558. The molecule has 0 spiro atoms. The average molecular weight is 263 g/mol. The molecule has 0 aliphatic heterocycles. The number of nitrogens with one attached hydrogen (secondary N) is 1. The second-order valence-electron chi connectivity index (χ2n) is 5.48. The molecule has 19 heavy (non-hydrogen) atoms. The number of carboxylic acid groups (broad SMARTS) is 1. The normalized spacial score (nSPS) is 11.1. The van der Waals surface area contributed by atoms with Gasteiger partial charge in [-0.25, -0.2) is 4.79 Å². The minimum absolute atomic E-state index is 0.0504. The van der Waals surface area contributed by atoms with Crippen LogP contribution in [0.15, 0.2) is 24.3 Å². The highest BCUT2D eigenvalue weighted by Gasteiger charge is 2.18. The van der Waals surface area contributed by atoms with Crippen LogP contribution in [0.5, 0.6) is 0 Å². The van der Waals surface area contributed by atoms with E-state index in [1.807, 2.05) is 0 Å². The van der Waals surface area contributed by atoms with E-state index in [-0.39, 0.29) is 16.9 Å². The molecule has 0 fully saturated rings. The molecular weight excluding hydrogens is 242 g/mol. The Morgan fingerprint density at radius 1 is 1.26 bits per heavy atom. The number of aromatic carboxylic acids is 1. The summed E-state index contributed by atoms with van der Waals surface area (Å²) in [6.07, 6.45) is 2.10. The van der Waals surface area contributed by atoms with E-state index in [0.29, 0.717) is 12.1 Å². The zero-order chi connectivity index (χ0) is 14.5. The molecule has 0 aromatic heterocycles. The first-order valence-corrected chi connectivity index (χ1v) is 6.47. The van der Waals surface area contributed by atoms with Gasteiger partial charge >= 0.3 is 5.97 Å². The number of carbonyl (C=O) groups is 2. The van der Waals surface area contributed by atoms with Crippen LogP contribution in [0.2, 0.25) is 0 Å². The molecule has 1 aromatic rings. The van der Waals surface area contributed by atoms with Gasteiger partial charge in [0.2, 0.25) is 0 Å². The summed E-state index contributed by atoms with van der Waals surface area (Å²) in [5.74, 6) is -1.26. The molecule has 0 aliphatic carbocycles. The van der Waals surface area contributed by atoms with Gasteiger partial charge in [-0.05, 0) is 30.0 Å². The first-order chi connectivity index (χ1) is 8.85. The number of benzene rings is 1. The van der Waals surface area contributed by atoms with Crippen LogP contribution < -0.4 is 5.32 Å². The van der Waals surface area contributed by atoms with Gasteiger partial charge in [0.05, 0.1) is 5.56 Å². The van der Waals surface area contributed by atoms with Gasteiger partial charge in [-0.2, -0.15) is 0 Å². The number of hydrogen-bond donors (Lipinski definition) is 2. The minimum Gasteiger partial charge on any atom is -0.478 e. The molecule has 0 atom stereocenters. The Bertz CT molecular complexity index is 466. The van der Waals surface area contributed by atoms with Crippen molar-refractivity contribution in [1.29, 1.82) is 0 Å². The zero-order valence-corrected chi connectivity index (χ0v) is 11.7. The van der Waals surface area contributed by atoms with E-state index in [1.54, 1.807) is 12.1 Å². The van der Waals surface area contributed by atoms with Gasteiger partial charge in [-0.1, -0.05) is 33.3 Å². The summed E-state index contributed by atoms with van der Waals surface area (Å²) in [5, 5.41) is 11.7. The SMILES string of the molecule is CCCC(C)(C)CNC(=O)c1cccc(C(=O)O)c1. The van der Waals surface area contributed by atoms with E-state index in [4.69, 9.17) is 5.11 Å². The van der Waals surface area contributed by atoms with Crippen LogP contribution in [0, 0.1) is 5.41 Å². The van der Waals surface area contributed by atoms with Crippen molar-refractivity contribution in [3.63, 3.8) is 0 Å². The maximum absolute atomic E-state index is 12.0. The lowest BCUT2D eigenvalue weighted by Gasteiger charge is -2.24. The Balaban J connectivity index is 2.68. The highest BCUT2D eigenvalue weighted by Crippen LogP contribution is 2.20. The second-order valence-corrected chi connectivity index (χ2v) is 5.48. The van der Waals surface area contributed by atoms with Crippen molar-refractivity contribution in [1.82, 2.24) is 5.32 Å². The fourth-order valence-electron chi connectivity index (χ4n) is 1.98. The smallest absolute Gasteiger partial charge is 0.335 e. The summed E-state index contributed by atoms with van der Waals surface area (Å²) in [6.45, 7) is 6.89. The van der Waals surface area contributed by atoms with E-state index in [0.717, 1.165) is 12.8 Å². The summed E-state index contributed by atoms with van der Waals surface area (Å²) < 4.78 is 0. The van der Waals surface area contributed by atoms with Crippen molar-refractivity contribution in [2.45, 2.75) is 33.6 Å². The van der Waals surface area contributed by atoms with E-state index < -0.39 is 5.97 Å². The summed E-state index contributed by atoms with van der Waals surface area (Å²) in [6, 6.07) is 6.06. The summed E-state index contributed by atoms with van der Waals surface area (Å²) >= 11 is 0. The van der Waals surface area contributed by atoms with E-state index >= 15 is 0 Å². The van der Waals surface area contributed by atoms with Crippen LogP contribution in [0.4, 0.5) is 0 Å². The number of rotatable bonds is 6. The summed E-state index contributed by atoms with van der Waals surface area (Å²) in [4.78, 5) is 22.8. The van der Waals surface area contributed by atoms with Crippen molar-refractivity contribution < 1.29 is 14.7 Å². The Labute approximate surface area is 113 Å². The monoisotopic (exact) mass is 263 g/mol. The van der Waals surface area contributed by atoms with Crippen LogP contribution in [0.25, 0.3) is 0 Å². The van der Waals surface area contributed by atoms with Crippen LogP contribution in [-0.2, 0) is 0 Å². The van der Waals surface area contributed by atoms with Gasteiger partial charge in [0.25, 0.3) is 5.91 Å². The van der Waals surface area contributed by atoms with Crippen molar-refractivity contribution in [3.05, 3.63) is 35.4 Å². The molecule has 1 aromatic carbocycles. The maximum Gasteiger partial charge on any atom is 0.335 e. The Morgan fingerprint density at radius 2 is 1.89 bits per heavy atom. The van der Waals surface area contributed by atoms with Gasteiger partial charge < -0.3 is 10.4 Å². The molecule has 4 nitrogen and oxygen atoms in total. The van der Waals surface area contributed by atoms with Crippen LogP contribution >= 0.6 is 0 Å². The quantitative estimate of drug-likeness (QED) is 0.829. The van der Waals surface area contributed by atoms with Crippen molar-refractivity contribution >= 4 is 11.9 Å². The third-order valence-corrected chi connectivity index (χ3v) is 3.03. The van der Waals surface area contributed by atoms with Crippen LogP contribution in [0.3, 0.4) is 0 Å². The van der Waals surface area contributed by atoms with Crippen molar-refractivity contribution in [2.75, 3.05) is 6.54 Å². The highest BCUT2D eigenvalue weighted by atomic mass is 16.4. The molecule has 0 bridgehead atoms. The predicted molar refractivity (Wildman–Crippen MR) is 74.4 cm³/mol. The topological polar surface area (TPSA) is 66.4 Å². The molecule has 1 rings (SSSR count). The van der Waals surface area contributed by atoms with E-state index in [1.165, 1.54) is 12.1 Å². The Morgan fingerprint density at radius 3 is 2.47 bits per heavy atom. The standard InChI is InChI=1S/C15H21NO3/c1-4-8-15(2,3)10-16-13(17)11-6-5-7-12(9-11)14(18)19/h5-7,9H,4,8,10H2,1-3H3,(H,16,17)(H,18,19). The van der Waals surface area contributed by atoms with Gasteiger partial charge in [-0.15, -0.1) is 0 Å². The van der Waals surface area contributed by atoms with Gasteiger partial charge in [0.1, 0.15) is 0 Å². The summed E-state index contributed by atoms with van der Waals surface area (Å²) in [7, 11) is 0. The van der Waals surface area contributed by atoms with E-state index in [9.17, 15) is 9.59 Å². The fraction of sp³-hybridized carbons (Fsp3) is 0.467. The number of carbonyl (C=O) groups excluding carboxylic acids is 1. The molecule has 1 amide bonds. The zero-order valence-electron chi connectivity index (χ0n) is 11.7. The first kappa shape index (κ1) is 15.2. The second kappa shape index (κ2) is 6.36. The predicted octanol–water partition coefficient (Wildman–Crippen LogP) is 2.94. The molecule has 2 N–H and O–H groups in total. The van der Waals surface area contributed by atoms with Gasteiger partial charge in [0, 0.05) is 12.1 Å². The van der Waals surface area contributed by atoms with Crippen LogP contribution in [0.1, 0.15) is 54.3 Å². The molecule has 0 radical (unpaired) electrons.